The summed E-state index contributed by atoms with van der Waals surface area (Å²) in [5, 5.41) is 10.1. The minimum atomic E-state index is -0.0333. The minimum Gasteiger partial charge on any atom is -0.299 e. The summed E-state index contributed by atoms with van der Waals surface area (Å²) in [4.78, 5) is 1.28. The lowest BCUT2D eigenvalue weighted by molar-refractivity contribution is 0.661. The molecule has 4 aromatic carbocycles. The lowest BCUT2D eigenvalue weighted by atomic mass is 9.82. The Morgan fingerprint density at radius 2 is 1.47 bits per heavy atom. The molecule has 0 saturated carbocycles. The average Bonchev–Trinajstić information content (AvgIpc) is 3.64. The van der Waals surface area contributed by atoms with Crippen molar-refractivity contribution in [3.05, 3.63) is 114 Å². The second-order valence-corrected chi connectivity index (χ2v) is 12.0. The molecule has 3 nitrogen and oxygen atoms in total. The summed E-state index contributed by atoms with van der Waals surface area (Å²) in [6, 6.07) is 35.4. The SMILES string of the molecule is CC1(C)c2ccccc2-c2cc3c(cc21)c1c2ccccc2sc1n3-c1ccc2c3ccccc3nn2c1. The van der Waals surface area contributed by atoms with Crippen molar-refractivity contribution in [1.82, 2.24) is 14.2 Å². The van der Waals surface area contributed by atoms with E-state index in [0.29, 0.717) is 0 Å². The van der Waals surface area contributed by atoms with E-state index < -0.39 is 0 Å². The number of thiophene rings is 1. The van der Waals surface area contributed by atoms with E-state index in [9.17, 15) is 0 Å². The maximum atomic E-state index is 4.90. The van der Waals surface area contributed by atoms with E-state index in [2.05, 4.69) is 122 Å². The van der Waals surface area contributed by atoms with Gasteiger partial charge in [-0.05, 0) is 58.7 Å². The first kappa shape index (κ1) is 20.6. The highest BCUT2D eigenvalue weighted by Crippen LogP contribution is 2.52. The number of fused-ring (bicyclic) bond motifs is 11. The molecule has 4 heterocycles. The second kappa shape index (κ2) is 6.91. The molecule has 0 bridgehead atoms. The molecule has 0 N–H and O–H groups in total. The molecule has 0 fully saturated rings. The van der Waals surface area contributed by atoms with Gasteiger partial charge in [0.25, 0.3) is 0 Å². The second-order valence-electron chi connectivity index (χ2n) is 10.9. The van der Waals surface area contributed by atoms with Crippen LogP contribution in [0.25, 0.3) is 64.4 Å². The van der Waals surface area contributed by atoms with Crippen molar-refractivity contribution >= 4 is 59.0 Å². The van der Waals surface area contributed by atoms with E-state index in [-0.39, 0.29) is 5.41 Å². The summed E-state index contributed by atoms with van der Waals surface area (Å²) in [6.45, 7) is 4.72. The third kappa shape index (κ3) is 2.46. The normalized spacial score (nSPS) is 14.3. The first-order valence-electron chi connectivity index (χ1n) is 13.1. The van der Waals surface area contributed by atoms with Gasteiger partial charge in [-0.3, -0.25) is 4.57 Å². The maximum Gasteiger partial charge on any atom is 0.109 e. The van der Waals surface area contributed by atoms with Crippen LogP contribution < -0.4 is 0 Å². The van der Waals surface area contributed by atoms with Crippen molar-refractivity contribution in [3.63, 3.8) is 0 Å². The molecule has 4 aromatic heterocycles. The van der Waals surface area contributed by atoms with E-state index in [1.165, 1.54) is 58.8 Å². The van der Waals surface area contributed by atoms with Gasteiger partial charge in [-0.1, -0.05) is 74.5 Å². The van der Waals surface area contributed by atoms with Gasteiger partial charge in [-0.2, -0.15) is 5.10 Å². The van der Waals surface area contributed by atoms with E-state index in [1.54, 1.807) is 0 Å². The Hall–Kier alpha value is -4.41. The topological polar surface area (TPSA) is 22.2 Å². The van der Waals surface area contributed by atoms with Crippen LogP contribution in [0.2, 0.25) is 0 Å². The highest BCUT2D eigenvalue weighted by molar-refractivity contribution is 7.25. The molecule has 0 unspecified atom stereocenters. The molecule has 0 saturated heterocycles. The summed E-state index contributed by atoms with van der Waals surface area (Å²) < 4.78 is 5.81. The average molecular weight is 506 g/mol. The van der Waals surface area contributed by atoms with Gasteiger partial charge in [0, 0.05) is 31.7 Å². The van der Waals surface area contributed by atoms with Gasteiger partial charge in [0.1, 0.15) is 4.83 Å². The lowest BCUT2D eigenvalue weighted by Gasteiger charge is -2.21. The van der Waals surface area contributed by atoms with Crippen LogP contribution in [0.4, 0.5) is 0 Å². The molecule has 0 spiro atoms. The number of nitrogens with zero attached hydrogens (tertiary/aromatic N) is 3. The van der Waals surface area contributed by atoms with E-state index in [0.717, 1.165) is 16.7 Å². The molecular weight excluding hydrogens is 482 g/mol. The molecule has 8 aromatic rings. The van der Waals surface area contributed by atoms with Gasteiger partial charge in [-0.15, -0.1) is 11.3 Å². The Morgan fingerprint density at radius 1 is 0.684 bits per heavy atom. The van der Waals surface area contributed by atoms with Crippen LogP contribution >= 0.6 is 11.3 Å². The quantitative estimate of drug-likeness (QED) is 0.218. The number of aromatic nitrogens is 3. The van der Waals surface area contributed by atoms with Crippen LogP contribution in [0.1, 0.15) is 25.0 Å². The van der Waals surface area contributed by atoms with Crippen molar-refractivity contribution in [1.29, 1.82) is 0 Å². The third-order valence-electron chi connectivity index (χ3n) is 8.56. The van der Waals surface area contributed by atoms with Gasteiger partial charge < -0.3 is 0 Å². The first-order chi connectivity index (χ1) is 18.6. The molecule has 0 radical (unpaired) electrons. The summed E-state index contributed by atoms with van der Waals surface area (Å²) in [5.74, 6) is 0. The maximum absolute atomic E-state index is 4.90. The Labute approximate surface area is 223 Å². The Morgan fingerprint density at radius 3 is 2.39 bits per heavy atom. The number of rotatable bonds is 1. The fourth-order valence-corrected chi connectivity index (χ4v) is 7.99. The predicted octanol–water partition coefficient (Wildman–Crippen LogP) is 9.11. The van der Waals surface area contributed by atoms with Crippen molar-refractivity contribution in [2.24, 2.45) is 0 Å². The number of hydrogen-bond acceptors (Lipinski definition) is 2. The standard InChI is InChI=1S/C34H23N3S/c1-34(2)26-12-6-3-9-21(26)24-18-30-25(17-27(24)34)32-23-11-5-8-14-31(23)38-33(32)37(30)20-15-16-29-22-10-4-7-13-28(22)35-36(29)19-20/h3-19H,1-2H3. The highest BCUT2D eigenvalue weighted by Gasteiger charge is 2.36. The van der Waals surface area contributed by atoms with Crippen LogP contribution in [-0.4, -0.2) is 14.2 Å². The Balaban J connectivity index is 1.43. The molecule has 1 aliphatic rings. The third-order valence-corrected chi connectivity index (χ3v) is 9.71. The summed E-state index contributed by atoms with van der Waals surface area (Å²) >= 11 is 1.88. The fourth-order valence-electron chi connectivity index (χ4n) is 6.74. The minimum absolute atomic E-state index is 0.0333. The van der Waals surface area contributed by atoms with Gasteiger partial charge in [-0.25, -0.2) is 4.52 Å². The zero-order chi connectivity index (χ0) is 25.2. The van der Waals surface area contributed by atoms with Crippen molar-refractivity contribution < 1.29 is 0 Å². The summed E-state index contributed by atoms with van der Waals surface area (Å²) in [7, 11) is 0. The zero-order valence-corrected chi connectivity index (χ0v) is 21.9. The highest BCUT2D eigenvalue weighted by atomic mass is 32.1. The molecular formula is C34H23N3S. The predicted molar refractivity (Wildman–Crippen MR) is 160 cm³/mol. The molecule has 38 heavy (non-hydrogen) atoms. The monoisotopic (exact) mass is 505 g/mol. The van der Waals surface area contributed by atoms with Gasteiger partial charge in [0.15, 0.2) is 0 Å². The van der Waals surface area contributed by atoms with E-state index in [1.807, 2.05) is 15.9 Å². The van der Waals surface area contributed by atoms with Gasteiger partial charge >= 0.3 is 0 Å². The zero-order valence-electron chi connectivity index (χ0n) is 21.1. The van der Waals surface area contributed by atoms with E-state index >= 15 is 0 Å². The molecule has 0 aliphatic heterocycles. The summed E-state index contributed by atoms with van der Waals surface area (Å²) in [6.07, 6.45) is 2.18. The molecule has 1 aliphatic carbocycles. The molecule has 4 heteroatoms. The smallest absolute Gasteiger partial charge is 0.109 e. The van der Waals surface area contributed by atoms with Crippen LogP contribution in [0.15, 0.2) is 103 Å². The van der Waals surface area contributed by atoms with Crippen molar-refractivity contribution in [3.8, 4) is 16.8 Å². The van der Waals surface area contributed by atoms with E-state index in [4.69, 9.17) is 5.10 Å². The molecule has 0 atom stereocenters. The number of pyridine rings is 1. The summed E-state index contributed by atoms with van der Waals surface area (Å²) in [5.41, 5.74) is 10.0. The number of benzene rings is 4. The van der Waals surface area contributed by atoms with Crippen LogP contribution in [0.3, 0.4) is 0 Å². The van der Waals surface area contributed by atoms with Crippen LogP contribution in [0, 0.1) is 0 Å². The van der Waals surface area contributed by atoms with Gasteiger partial charge in [0.2, 0.25) is 0 Å². The largest absolute Gasteiger partial charge is 0.299 e. The fraction of sp³-hybridized carbons (Fsp3) is 0.0882. The molecule has 180 valence electrons. The number of hydrogen-bond donors (Lipinski definition) is 0. The molecule has 9 rings (SSSR count). The Kier molecular flexibility index (Phi) is 3.75. The van der Waals surface area contributed by atoms with Crippen molar-refractivity contribution in [2.75, 3.05) is 0 Å². The lowest BCUT2D eigenvalue weighted by Crippen LogP contribution is -2.14. The van der Waals surface area contributed by atoms with Crippen LogP contribution in [0.5, 0.6) is 0 Å². The van der Waals surface area contributed by atoms with Crippen molar-refractivity contribution in [2.45, 2.75) is 19.3 Å². The first-order valence-corrected chi connectivity index (χ1v) is 13.9. The van der Waals surface area contributed by atoms with Gasteiger partial charge in [0.05, 0.1) is 28.4 Å². The Bertz CT molecular complexity index is 2270. The van der Waals surface area contributed by atoms with Crippen LogP contribution in [-0.2, 0) is 5.41 Å². The molecule has 0 amide bonds.